The van der Waals surface area contributed by atoms with Crippen LogP contribution in [0.15, 0.2) is 30.3 Å². The largest absolute Gasteiger partial charge is 0.353 e. The second kappa shape index (κ2) is 11.2. The molecule has 1 spiro atoms. The lowest BCUT2D eigenvalue weighted by Crippen LogP contribution is -2.49. The Kier molecular flexibility index (Phi) is 8.18. The molecule has 0 bridgehead atoms. The molecule has 40 heavy (non-hydrogen) atoms. The standard InChI is InChI=1S/C30H36Cl2F2N4O2/c1-29(2,3)16-23-30(18-14-21(33)20(32)15-22(18)36-28(30)40)24(17-8-7-9-19(31)25(17)34)26(37-23)27(39)35-10-13-38-11-5-4-6-12-38/h7-9,14-15,23-24,26,37H,4-6,10-13,16H2,1-3H3,(H,35,39)(H,36,40)/t23?,24-,26+,30-/m0/s1. The summed E-state index contributed by atoms with van der Waals surface area (Å²) in [5.41, 5.74) is -0.930. The summed E-state index contributed by atoms with van der Waals surface area (Å²) >= 11 is 12.3. The molecule has 0 radical (unpaired) electrons. The van der Waals surface area contributed by atoms with Gasteiger partial charge in [0.25, 0.3) is 0 Å². The van der Waals surface area contributed by atoms with Gasteiger partial charge < -0.3 is 20.9 Å². The summed E-state index contributed by atoms with van der Waals surface area (Å²) < 4.78 is 30.8. The molecule has 5 rings (SSSR count). The van der Waals surface area contributed by atoms with Crippen molar-refractivity contribution >= 4 is 40.7 Å². The average Bonchev–Trinajstić information content (AvgIpc) is 3.36. The third-order valence-corrected chi connectivity index (χ3v) is 9.06. The smallest absolute Gasteiger partial charge is 0.237 e. The lowest BCUT2D eigenvalue weighted by Gasteiger charge is -2.37. The first-order chi connectivity index (χ1) is 18.9. The van der Waals surface area contributed by atoms with Gasteiger partial charge in [-0.15, -0.1) is 0 Å². The van der Waals surface area contributed by atoms with Crippen molar-refractivity contribution < 1.29 is 18.4 Å². The van der Waals surface area contributed by atoms with Crippen LogP contribution in [0.25, 0.3) is 0 Å². The Morgan fingerprint density at radius 1 is 1.12 bits per heavy atom. The molecule has 3 heterocycles. The van der Waals surface area contributed by atoms with Crippen LogP contribution in [0.4, 0.5) is 14.5 Å². The molecule has 216 valence electrons. The first kappa shape index (κ1) is 29.2. The maximum Gasteiger partial charge on any atom is 0.237 e. The van der Waals surface area contributed by atoms with Gasteiger partial charge in [0.05, 0.1) is 16.1 Å². The van der Waals surface area contributed by atoms with Gasteiger partial charge in [0, 0.05) is 30.7 Å². The molecular weight excluding hydrogens is 557 g/mol. The van der Waals surface area contributed by atoms with Gasteiger partial charge >= 0.3 is 0 Å². The highest BCUT2D eigenvalue weighted by Gasteiger charge is 2.66. The van der Waals surface area contributed by atoms with Crippen molar-refractivity contribution in [1.29, 1.82) is 0 Å². The molecule has 0 aliphatic carbocycles. The molecule has 0 saturated carbocycles. The van der Waals surface area contributed by atoms with Crippen molar-refractivity contribution in [1.82, 2.24) is 15.5 Å². The third-order valence-electron chi connectivity index (χ3n) is 8.48. The van der Waals surface area contributed by atoms with Crippen molar-refractivity contribution in [2.75, 3.05) is 31.5 Å². The molecule has 3 N–H and O–H groups in total. The Labute approximate surface area is 244 Å². The zero-order valence-corrected chi connectivity index (χ0v) is 24.6. The van der Waals surface area contributed by atoms with Gasteiger partial charge in [0.2, 0.25) is 11.8 Å². The van der Waals surface area contributed by atoms with Gasteiger partial charge in [-0.1, -0.05) is 62.5 Å². The molecule has 2 saturated heterocycles. The fourth-order valence-corrected chi connectivity index (χ4v) is 7.14. The predicted octanol–water partition coefficient (Wildman–Crippen LogP) is 5.62. The van der Waals surface area contributed by atoms with E-state index in [2.05, 4.69) is 20.9 Å². The fourth-order valence-electron chi connectivity index (χ4n) is 6.79. The van der Waals surface area contributed by atoms with E-state index in [0.29, 0.717) is 30.8 Å². The quantitative estimate of drug-likeness (QED) is 0.407. The van der Waals surface area contributed by atoms with Crippen molar-refractivity contribution in [2.24, 2.45) is 5.41 Å². The number of nitrogens with one attached hydrogen (secondary N) is 3. The zero-order chi connectivity index (χ0) is 28.8. The van der Waals surface area contributed by atoms with E-state index >= 15 is 8.78 Å². The average molecular weight is 594 g/mol. The number of amides is 2. The highest BCUT2D eigenvalue weighted by molar-refractivity contribution is 6.31. The van der Waals surface area contributed by atoms with Crippen molar-refractivity contribution in [3.8, 4) is 0 Å². The first-order valence-electron chi connectivity index (χ1n) is 13.9. The number of fused-ring (bicyclic) bond motifs is 2. The van der Waals surface area contributed by atoms with Crippen LogP contribution in [-0.2, 0) is 15.0 Å². The number of piperidine rings is 1. The first-order valence-corrected chi connectivity index (χ1v) is 14.7. The van der Waals surface area contributed by atoms with Crippen LogP contribution < -0.4 is 16.0 Å². The summed E-state index contributed by atoms with van der Waals surface area (Å²) in [7, 11) is 0. The number of anilines is 1. The molecule has 10 heteroatoms. The maximum atomic E-state index is 15.8. The summed E-state index contributed by atoms with van der Waals surface area (Å²) in [5, 5.41) is 9.07. The highest BCUT2D eigenvalue weighted by Crippen LogP contribution is 2.57. The van der Waals surface area contributed by atoms with E-state index in [1.165, 1.54) is 24.6 Å². The minimum absolute atomic E-state index is 0.114. The van der Waals surface area contributed by atoms with E-state index in [9.17, 15) is 9.59 Å². The Balaban J connectivity index is 1.61. The molecule has 1 unspecified atom stereocenters. The van der Waals surface area contributed by atoms with Crippen LogP contribution in [0.5, 0.6) is 0 Å². The number of benzene rings is 2. The Bertz CT molecular complexity index is 1310. The van der Waals surface area contributed by atoms with Gasteiger partial charge in [0.1, 0.15) is 17.0 Å². The summed E-state index contributed by atoms with van der Waals surface area (Å²) in [6.45, 7) is 9.20. The summed E-state index contributed by atoms with van der Waals surface area (Å²) in [5.74, 6) is -3.17. The SMILES string of the molecule is CC(C)(C)CC1N[C@@H](C(=O)NCCN2CCCCC2)[C@H](c2cccc(Cl)c2F)[C@@]12C(=O)Nc1cc(Cl)c(F)cc12. The van der Waals surface area contributed by atoms with E-state index in [-0.39, 0.29) is 26.9 Å². The van der Waals surface area contributed by atoms with E-state index in [1.54, 1.807) is 12.1 Å². The normalized spacial score (nSPS) is 26.7. The summed E-state index contributed by atoms with van der Waals surface area (Å²) in [6.07, 6.45) is 3.95. The van der Waals surface area contributed by atoms with Crippen LogP contribution in [0, 0.1) is 17.0 Å². The molecular formula is C30H36Cl2F2N4O2. The van der Waals surface area contributed by atoms with E-state index in [4.69, 9.17) is 23.2 Å². The number of hydrogen-bond donors (Lipinski definition) is 3. The third kappa shape index (κ3) is 5.24. The monoisotopic (exact) mass is 592 g/mol. The van der Waals surface area contributed by atoms with Crippen LogP contribution in [-0.4, -0.2) is 55.0 Å². The molecule has 2 amide bonds. The second-order valence-electron chi connectivity index (χ2n) is 12.4. The molecule has 2 fully saturated rings. The fraction of sp³-hybridized carbons (Fsp3) is 0.533. The molecule has 4 atom stereocenters. The van der Waals surface area contributed by atoms with E-state index < -0.39 is 41.0 Å². The van der Waals surface area contributed by atoms with Crippen molar-refractivity contribution in [2.45, 2.75) is 69.9 Å². The Morgan fingerprint density at radius 2 is 1.85 bits per heavy atom. The Morgan fingerprint density at radius 3 is 2.55 bits per heavy atom. The maximum absolute atomic E-state index is 15.8. The zero-order valence-electron chi connectivity index (χ0n) is 23.1. The van der Waals surface area contributed by atoms with Crippen molar-refractivity contribution in [3.05, 3.63) is 63.1 Å². The van der Waals surface area contributed by atoms with Gasteiger partial charge in [0.15, 0.2) is 0 Å². The van der Waals surface area contributed by atoms with Gasteiger partial charge in [-0.2, -0.15) is 0 Å². The minimum Gasteiger partial charge on any atom is -0.353 e. The lowest BCUT2D eigenvalue weighted by molar-refractivity contribution is -0.124. The molecule has 6 nitrogen and oxygen atoms in total. The van der Waals surface area contributed by atoms with Gasteiger partial charge in [-0.05, 0) is 67.1 Å². The summed E-state index contributed by atoms with van der Waals surface area (Å²) in [4.78, 5) is 30.3. The van der Waals surface area contributed by atoms with Crippen LogP contribution in [0.3, 0.4) is 0 Å². The topological polar surface area (TPSA) is 73.5 Å². The molecule has 2 aromatic carbocycles. The summed E-state index contributed by atoms with van der Waals surface area (Å²) in [6, 6.07) is 5.63. The van der Waals surface area contributed by atoms with Crippen LogP contribution >= 0.6 is 23.2 Å². The molecule has 3 aliphatic rings. The molecule has 2 aromatic rings. The van der Waals surface area contributed by atoms with Crippen LogP contribution in [0.2, 0.25) is 10.0 Å². The van der Waals surface area contributed by atoms with E-state index in [0.717, 1.165) is 25.9 Å². The van der Waals surface area contributed by atoms with E-state index in [1.807, 2.05) is 20.8 Å². The lowest BCUT2D eigenvalue weighted by atomic mass is 9.62. The van der Waals surface area contributed by atoms with Crippen LogP contribution in [0.1, 0.15) is 63.5 Å². The van der Waals surface area contributed by atoms with Gasteiger partial charge in [-0.25, -0.2) is 8.78 Å². The minimum atomic E-state index is -1.49. The van der Waals surface area contributed by atoms with Gasteiger partial charge in [-0.3, -0.25) is 9.59 Å². The number of rotatable bonds is 6. The number of nitrogens with zero attached hydrogens (tertiary/aromatic N) is 1. The molecule has 3 aliphatic heterocycles. The predicted molar refractivity (Wildman–Crippen MR) is 154 cm³/mol. The highest BCUT2D eigenvalue weighted by atomic mass is 35.5. The number of halogens is 4. The number of hydrogen-bond acceptors (Lipinski definition) is 4. The Hall–Kier alpha value is -2.26. The number of carbonyl (C=O) groups is 2. The number of carbonyl (C=O) groups excluding carboxylic acids is 2. The molecule has 0 aromatic heterocycles. The van der Waals surface area contributed by atoms with Crippen molar-refractivity contribution in [3.63, 3.8) is 0 Å². The second-order valence-corrected chi connectivity index (χ2v) is 13.2. The number of likely N-dealkylation sites (tertiary alicyclic amines) is 1.